The molecule has 0 aliphatic carbocycles. The van der Waals surface area contributed by atoms with E-state index >= 15 is 0 Å². The molecule has 0 fully saturated rings. The second-order valence-corrected chi connectivity index (χ2v) is 25.6. The molecule has 2 heterocycles. The molecule has 11 aromatic rings. The van der Waals surface area contributed by atoms with Gasteiger partial charge in [0.1, 0.15) is 0 Å². The fourth-order valence-corrected chi connectivity index (χ4v) is 11.3. The van der Waals surface area contributed by atoms with Crippen molar-refractivity contribution in [3.8, 4) is 11.8 Å². The summed E-state index contributed by atoms with van der Waals surface area (Å²) in [7, 11) is 0. The van der Waals surface area contributed by atoms with Crippen LogP contribution in [0.1, 0.15) is 181 Å². The normalized spacial score (nSPS) is 12.4. The maximum atomic E-state index is 12.9. The molecular formula is C94H86N2O4. The lowest BCUT2D eigenvalue weighted by molar-refractivity contribution is 0.0587. The van der Waals surface area contributed by atoms with E-state index < -0.39 is 0 Å². The van der Waals surface area contributed by atoms with Crippen LogP contribution >= 0.6 is 0 Å². The van der Waals surface area contributed by atoms with Crippen molar-refractivity contribution in [2.75, 3.05) is 13.1 Å². The Balaban J connectivity index is 0.000000148. The Bertz CT molecular complexity index is 4470. The van der Waals surface area contributed by atoms with Crippen molar-refractivity contribution < 1.29 is 19.2 Å². The second-order valence-electron chi connectivity index (χ2n) is 25.6. The number of carbonyl (C=O) groups excluding carboxylic acids is 4. The molecule has 0 radical (unpaired) electrons. The van der Waals surface area contributed by atoms with Gasteiger partial charge in [-0.05, 0) is 159 Å². The van der Waals surface area contributed by atoms with Crippen LogP contribution in [0.15, 0.2) is 243 Å². The van der Waals surface area contributed by atoms with Crippen molar-refractivity contribution in [1.29, 1.82) is 0 Å². The fourth-order valence-electron chi connectivity index (χ4n) is 11.3. The van der Waals surface area contributed by atoms with Crippen molar-refractivity contribution in [3.05, 3.63) is 365 Å². The lowest BCUT2D eigenvalue weighted by atomic mass is 9.86. The standard InChI is InChI=1S/C32H28.C24H22.C22H22N2O4.C16H14/c1-25-3-7-27(8-4-25)11-13-29-15-19-31(20-16-29)23-24-32-21-17-30(18-22-32)14-12-28-9-5-26(2)6-10-28;1-19-3-7-21(8-4-19)11-13-23-15-17-24(18-16-23)14-12-22-9-5-20(2)6-10-22;1-3-5-11-23-19(25)13-7-9-15-18-16(10-8-14(17(13)18)20(23)26)22(28)24(21(15)27)12-6-4-2;1-13-3-7-15(8-4-13)11-12-16-9-5-14(2)6-10-16/h3-24H,1-2H3;3-18H,1-2H3;7-10H,3-6,11-12H2,1-2H3;3-10H,1-2H3/b13-11+,14-12+,24-23+;13-11+,14-12+;;. The number of unbranched alkanes of at least 4 members (excludes halogenated alkanes) is 2. The Morgan fingerprint density at radius 1 is 0.240 bits per heavy atom. The number of hydrogen-bond acceptors (Lipinski definition) is 4. The summed E-state index contributed by atoms with van der Waals surface area (Å²) in [6, 6.07) is 83.1. The first-order valence-corrected chi connectivity index (χ1v) is 34.5. The molecule has 0 saturated heterocycles. The van der Waals surface area contributed by atoms with E-state index in [1.807, 2.05) is 13.8 Å². The van der Waals surface area contributed by atoms with Crippen molar-refractivity contribution in [1.82, 2.24) is 9.80 Å². The van der Waals surface area contributed by atoms with E-state index in [1.54, 1.807) is 24.3 Å². The molecule has 100 heavy (non-hydrogen) atoms. The number of hydrogen-bond donors (Lipinski definition) is 0. The minimum atomic E-state index is -0.358. The molecule has 0 N–H and O–H groups in total. The monoisotopic (exact) mass is 1310 g/mol. The molecule has 0 unspecified atom stereocenters. The molecule has 0 saturated carbocycles. The molecule has 11 aromatic carbocycles. The van der Waals surface area contributed by atoms with Gasteiger partial charge in [0.2, 0.25) is 0 Å². The number of aryl methyl sites for hydroxylation is 6. The van der Waals surface area contributed by atoms with E-state index in [1.165, 1.54) is 98.8 Å². The molecule has 6 nitrogen and oxygen atoms in total. The van der Waals surface area contributed by atoms with Gasteiger partial charge >= 0.3 is 0 Å². The molecule has 2 aliphatic heterocycles. The van der Waals surface area contributed by atoms with Gasteiger partial charge in [0, 0.05) is 57.2 Å². The zero-order chi connectivity index (χ0) is 70.3. The van der Waals surface area contributed by atoms with Gasteiger partial charge in [-0.3, -0.25) is 29.0 Å². The van der Waals surface area contributed by atoms with Crippen molar-refractivity contribution in [3.63, 3.8) is 0 Å². The summed E-state index contributed by atoms with van der Waals surface area (Å²) in [6.45, 7) is 17.3. The minimum absolute atomic E-state index is 0.358. The highest BCUT2D eigenvalue weighted by Crippen LogP contribution is 2.38. The first-order chi connectivity index (χ1) is 48.6. The van der Waals surface area contributed by atoms with E-state index in [0.29, 0.717) is 46.1 Å². The van der Waals surface area contributed by atoms with Gasteiger partial charge in [-0.2, -0.15) is 0 Å². The summed E-state index contributed by atoms with van der Waals surface area (Å²) in [4.78, 5) is 54.3. The highest BCUT2D eigenvalue weighted by Gasteiger charge is 2.39. The fraction of sp³-hybridized carbons (Fsp3) is 0.149. The van der Waals surface area contributed by atoms with Crippen LogP contribution in [0.25, 0.3) is 71.5 Å². The van der Waals surface area contributed by atoms with E-state index in [4.69, 9.17) is 0 Å². The SMILES string of the molecule is CCCCN1C(=O)c2ccc3c4c(ccc(c24)C1=O)C(=O)N(CCCC)C3=O.Cc1ccc(/C=C/c2ccc(/C=C/c3ccc(/C=C/c4ccc(C)cc4)cc3)cc2)cc1.Cc1ccc(/C=C/c2ccc(/C=C/c3ccc(C)cc3)cc2)cc1.Cc1ccc(C#Cc2ccc(C)cc2)cc1. The number of carbonyl (C=O) groups is 4. The number of amides is 4. The molecule has 13 rings (SSSR count). The van der Waals surface area contributed by atoms with Gasteiger partial charge in [-0.15, -0.1) is 0 Å². The maximum Gasteiger partial charge on any atom is 0.261 e. The number of benzene rings is 11. The van der Waals surface area contributed by atoms with E-state index in [-0.39, 0.29) is 23.6 Å². The highest BCUT2D eigenvalue weighted by atomic mass is 16.2. The van der Waals surface area contributed by atoms with Crippen LogP contribution in [0.4, 0.5) is 0 Å². The smallest absolute Gasteiger partial charge is 0.261 e. The van der Waals surface area contributed by atoms with E-state index in [2.05, 4.69) is 333 Å². The van der Waals surface area contributed by atoms with Crippen LogP contribution in [-0.2, 0) is 0 Å². The third-order valence-corrected chi connectivity index (χ3v) is 17.4. The van der Waals surface area contributed by atoms with Gasteiger partial charge in [-0.25, -0.2) is 0 Å². The first kappa shape index (κ1) is 71.0. The Morgan fingerprint density at radius 3 is 0.570 bits per heavy atom. The van der Waals surface area contributed by atoms with Crippen molar-refractivity contribution in [2.24, 2.45) is 0 Å². The average molecular weight is 1310 g/mol. The summed E-state index contributed by atoms with van der Waals surface area (Å²) in [6.07, 6.45) is 24.7. The number of nitrogens with zero attached hydrogens (tertiary/aromatic N) is 2. The summed E-state index contributed by atoms with van der Waals surface area (Å²) in [5.74, 6) is 4.88. The third kappa shape index (κ3) is 19.7. The van der Waals surface area contributed by atoms with Crippen molar-refractivity contribution in [2.45, 2.75) is 81.1 Å². The van der Waals surface area contributed by atoms with Crippen LogP contribution in [0.2, 0.25) is 0 Å². The third-order valence-electron chi connectivity index (χ3n) is 17.4. The minimum Gasteiger partial charge on any atom is -0.274 e. The molecule has 0 spiro atoms. The van der Waals surface area contributed by atoms with Crippen LogP contribution in [-0.4, -0.2) is 46.5 Å². The molecular weight excluding hydrogens is 1220 g/mol. The van der Waals surface area contributed by atoms with Crippen LogP contribution < -0.4 is 0 Å². The lowest BCUT2D eigenvalue weighted by Crippen LogP contribution is -2.43. The average Bonchev–Trinajstić information content (AvgIpc) is 0.714. The summed E-state index contributed by atoms with van der Waals surface area (Å²) >= 11 is 0. The predicted octanol–water partition coefficient (Wildman–Crippen LogP) is 22.8. The Hall–Kier alpha value is -11.8. The van der Waals surface area contributed by atoms with Gasteiger partial charge in [0.05, 0.1) is 0 Å². The van der Waals surface area contributed by atoms with Crippen LogP contribution in [0.5, 0.6) is 0 Å². The van der Waals surface area contributed by atoms with Gasteiger partial charge in [0.25, 0.3) is 23.6 Å². The van der Waals surface area contributed by atoms with Crippen LogP contribution in [0.3, 0.4) is 0 Å². The quantitative estimate of drug-likeness (QED) is 0.0549. The highest BCUT2D eigenvalue weighted by molar-refractivity contribution is 6.33. The van der Waals surface area contributed by atoms with Gasteiger partial charge in [0.15, 0.2) is 0 Å². The largest absolute Gasteiger partial charge is 0.274 e. The molecule has 496 valence electrons. The number of rotatable bonds is 16. The Kier molecular flexibility index (Phi) is 24.8. The molecule has 2 aliphatic rings. The van der Waals surface area contributed by atoms with Gasteiger partial charge < -0.3 is 0 Å². The molecule has 0 aromatic heterocycles. The van der Waals surface area contributed by atoms with Crippen molar-refractivity contribution >= 4 is 95.2 Å². The molecule has 6 heteroatoms. The zero-order valence-corrected chi connectivity index (χ0v) is 58.6. The Labute approximate surface area is 591 Å². The summed E-state index contributed by atoms with van der Waals surface area (Å²) < 4.78 is 0. The second kappa shape index (κ2) is 34.9. The molecule has 4 amide bonds. The van der Waals surface area contributed by atoms with E-state index in [9.17, 15) is 19.2 Å². The predicted molar refractivity (Wildman–Crippen MR) is 422 cm³/mol. The maximum absolute atomic E-state index is 12.9. The summed E-state index contributed by atoms with van der Waals surface area (Å²) in [5, 5.41) is 0.879. The molecule has 0 atom stereocenters. The Morgan fingerprint density at radius 2 is 0.400 bits per heavy atom. The topological polar surface area (TPSA) is 74.8 Å². The molecule has 0 bridgehead atoms. The first-order valence-electron chi connectivity index (χ1n) is 34.5. The van der Waals surface area contributed by atoms with Gasteiger partial charge in [-0.1, -0.05) is 327 Å². The summed E-state index contributed by atoms with van der Waals surface area (Å²) in [5.41, 5.74) is 23.4. The lowest BCUT2D eigenvalue weighted by Gasteiger charge is -2.31. The number of imide groups is 2. The van der Waals surface area contributed by atoms with Crippen LogP contribution in [0, 0.1) is 53.4 Å². The van der Waals surface area contributed by atoms with E-state index in [0.717, 1.165) is 36.8 Å². The zero-order valence-electron chi connectivity index (χ0n) is 58.6.